The number of amides is 1. The Labute approximate surface area is 221 Å². The fourth-order valence-corrected chi connectivity index (χ4v) is 5.00. The molecular formula is C28H34BrClN2O3. The first-order valence-corrected chi connectivity index (χ1v) is 13.6. The summed E-state index contributed by atoms with van der Waals surface area (Å²) in [5, 5.41) is 11.7. The average molecular weight is 562 g/mol. The number of hydrogen-bond donors (Lipinski definition) is 1. The van der Waals surface area contributed by atoms with Crippen molar-refractivity contribution in [2.24, 2.45) is 0 Å². The molecule has 1 atom stereocenters. The lowest BCUT2D eigenvalue weighted by Crippen LogP contribution is -2.34. The second kappa shape index (κ2) is 13.2. The van der Waals surface area contributed by atoms with E-state index >= 15 is 0 Å². The van der Waals surface area contributed by atoms with Crippen LogP contribution in [0.15, 0.2) is 58.6 Å². The zero-order valence-electron chi connectivity index (χ0n) is 20.5. The van der Waals surface area contributed by atoms with Gasteiger partial charge in [0.25, 0.3) is 11.7 Å². The van der Waals surface area contributed by atoms with Crippen LogP contribution in [0.4, 0.5) is 0 Å². The lowest BCUT2D eigenvalue weighted by atomic mass is 9.95. The number of Topliss-reactive ketones (excluding diaryl/α,β-unsaturated/α-hetero) is 1. The third-order valence-electron chi connectivity index (χ3n) is 6.35. The standard InChI is InChI=1S/C28H34BrClN2O3/c1-3-5-15-31(16-6-4-2)17-8-18-32-25(21-9-7-10-22(29)19-21)24(27(34)28(32)35)26(33)20-11-13-23(30)14-12-20/h7,9-14,19,25,33H,3-6,8,15-18H2,1-2H3/b26-24-. The Hall–Kier alpha value is -2.15. The van der Waals surface area contributed by atoms with Gasteiger partial charge in [0.2, 0.25) is 0 Å². The molecule has 5 nitrogen and oxygen atoms in total. The van der Waals surface area contributed by atoms with E-state index in [0.29, 0.717) is 17.1 Å². The quantitative estimate of drug-likeness (QED) is 0.176. The van der Waals surface area contributed by atoms with Gasteiger partial charge in [-0.05, 0) is 80.9 Å². The topological polar surface area (TPSA) is 60.9 Å². The highest BCUT2D eigenvalue weighted by Crippen LogP contribution is 2.40. The Morgan fingerprint density at radius 1 is 1.00 bits per heavy atom. The van der Waals surface area contributed by atoms with Crippen LogP contribution in [-0.4, -0.2) is 52.8 Å². The molecule has 2 aromatic rings. The number of aliphatic hydroxyl groups excluding tert-OH is 1. The highest BCUT2D eigenvalue weighted by Gasteiger charge is 2.45. The maximum Gasteiger partial charge on any atom is 0.295 e. The van der Waals surface area contributed by atoms with Crippen LogP contribution in [0.3, 0.4) is 0 Å². The fourth-order valence-electron chi connectivity index (χ4n) is 4.46. The summed E-state index contributed by atoms with van der Waals surface area (Å²) in [5.41, 5.74) is 1.35. The molecule has 1 aliphatic heterocycles. The second-order valence-corrected chi connectivity index (χ2v) is 10.3. The Kier molecular flexibility index (Phi) is 10.4. The lowest BCUT2D eigenvalue weighted by molar-refractivity contribution is -0.140. The number of aliphatic hydroxyl groups is 1. The second-order valence-electron chi connectivity index (χ2n) is 8.96. The Morgan fingerprint density at radius 3 is 2.23 bits per heavy atom. The molecule has 1 amide bonds. The third-order valence-corrected chi connectivity index (χ3v) is 7.10. The summed E-state index contributed by atoms with van der Waals surface area (Å²) in [5.74, 6) is -1.41. The highest BCUT2D eigenvalue weighted by molar-refractivity contribution is 9.10. The number of hydrogen-bond acceptors (Lipinski definition) is 4. The molecule has 35 heavy (non-hydrogen) atoms. The number of likely N-dealkylation sites (tertiary alicyclic amines) is 1. The summed E-state index contributed by atoms with van der Waals surface area (Å²) in [4.78, 5) is 30.4. The molecule has 1 saturated heterocycles. The first kappa shape index (κ1) is 27.4. The molecule has 7 heteroatoms. The number of carbonyl (C=O) groups excluding carboxylic acids is 2. The van der Waals surface area contributed by atoms with Crippen molar-refractivity contribution in [3.63, 3.8) is 0 Å². The summed E-state index contributed by atoms with van der Waals surface area (Å²) in [6, 6.07) is 13.5. The summed E-state index contributed by atoms with van der Waals surface area (Å²) in [7, 11) is 0. The van der Waals surface area contributed by atoms with Gasteiger partial charge in [0.1, 0.15) is 5.76 Å². The molecule has 1 fully saturated rings. The largest absolute Gasteiger partial charge is 0.507 e. The molecule has 2 aromatic carbocycles. The van der Waals surface area contributed by atoms with Gasteiger partial charge in [0.15, 0.2) is 0 Å². The van der Waals surface area contributed by atoms with Crippen LogP contribution in [-0.2, 0) is 9.59 Å². The van der Waals surface area contributed by atoms with Gasteiger partial charge in [0, 0.05) is 21.6 Å². The number of halogens is 2. The van der Waals surface area contributed by atoms with Crippen LogP contribution < -0.4 is 0 Å². The minimum atomic E-state index is -0.656. The van der Waals surface area contributed by atoms with E-state index in [1.807, 2.05) is 24.3 Å². The predicted molar refractivity (Wildman–Crippen MR) is 145 cm³/mol. The van der Waals surface area contributed by atoms with Crippen LogP contribution in [0.25, 0.3) is 5.76 Å². The Bertz CT molecular complexity index is 1050. The summed E-state index contributed by atoms with van der Waals surface area (Å²) in [6.45, 7) is 7.77. The molecule has 1 aliphatic rings. The van der Waals surface area contributed by atoms with Gasteiger partial charge in [-0.2, -0.15) is 0 Å². The van der Waals surface area contributed by atoms with Crippen molar-refractivity contribution in [1.29, 1.82) is 0 Å². The highest BCUT2D eigenvalue weighted by atomic mass is 79.9. The first-order chi connectivity index (χ1) is 16.9. The van der Waals surface area contributed by atoms with Crippen molar-refractivity contribution < 1.29 is 14.7 Å². The molecule has 1 unspecified atom stereocenters. The monoisotopic (exact) mass is 560 g/mol. The Morgan fingerprint density at radius 2 is 1.63 bits per heavy atom. The van der Waals surface area contributed by atoms with Crippen LogP contribution >= 0.6 is 27.5 Å². The number of carbonyl (C=O) groups is 2. The van der Waals surface area contributed by atoms with Gasteiger partial charge in [-0.25, -0.2) is 0 Å². The normalized spacial score (nSPS) is 17.5. The Balaban J connectivity index is 1.91. The fraction of sp³-hybridized carbons (Fsp3) is 0.429. The zero-order valence-corrected chi connectivity index (χ0v) is 22.8. The van der Waals surface area contributed by atoms with E-state index in [2.05, 4.69) is 34.7 Å². The molecular weight excluding hydrogens is 528 g/mol. The van der Waals surface area contributed by atoms with Crippen molar-refractivity contribution in [1.82, 2.24) is 9.80 Å². The molecule has 1 N–H and O–H groups in total. The van der Waals surface area contributed by atoms with Gasteiger partial charge in [-0.1, -0.05) is 66.4 Å². The van der Waals surface area contributed by atoms with E-state index < -0.39 is 17.7 Å². The van der Waals surface area contributed by atoms with E-state index in [9.17, 15) is 14.7 Å². The number of unbranched alkanes of at least 4 members (excludes halogenated alkanes) is 2. The molecule has 0 spiro atoms. The molecule has 1 heterocycles. The van der Waals surface area contributed by atoms with Crippen molar-refractivity contribution in [3.05, 3.63) is 74.7 Å². The average Bonchev–Trinajstić information content (AvgIpc) is 3.10. The van der Waals surface area contributed by atoms with Crippen molar-refractivity contribution >= 4 is 45.0 Å². The van der Waals surface area contributed by atoms with Gasteiger partial charge < -0.3 is 14.9 Å². The van der Waals surface area contributed by atoms with Crippen LogP contribution in [0.1, 0.15) is 63.1 Å². The predicted octanol–water partition coefficient (Wildman–Crippen LogP) is 6.82. The molecule has 0 bridgehead atoms. The number of nitrogens with zero attached hydrogens (tertiary/aromatic N) is 2. The minimum Gasteiger partial charge on any atom is -0.507 e. The van der Waals surface area contributed by atoms with E-state index in [1.54, 1.807) is 29.2 Å². The molecule has 188 valence electrons. The van der Waals surface area contributed by atoms with Crippen LogP contribution in [0.2, 0.25) is 5.02 Å². The van der Waals surface area contributed by atoms with Gasteiger partial charge in [-0.15, -0.1) is 0 Å². The molecule has 3 rings (SSSR count). The van der Waals surface area contributed by atoms with Crippen LogP contribution in [0.5, 0.6) is 0 Å². The minimum absolute atomic E-state index is 0.115. The number of benzene rings is 2. The van der Waals surface area contributed by atoms with Crippen molar-refractivity contribution in [2.75, 3.05) is 26.2 Å². The molecule has 0 aromatic heterocycles. The summed E-state index contributed by atoms with van der Waals surface area (Å²) in [6.07, 6.45) is 5.34. The number of ketones is 1. The van der Waals surface area contributed by atoms with Crippen molar-refractivity contribution in [3.8, 4) is 0 Å². The third kappa shape index (κ3) is 6.96. The van der Waals surface area contributed by atoms with E-state index in [4.69, 9.17) is 11.6 Å². The maximum absolute atomic E-state index is 13.2. The van der Waals surface area contributed by atoms with Gasteiger partial charge in [-0.3, -0.25) is 9.59 Å². The van der Waals surface area contributed by atoms with Gasteiger partial charge in [0.05, 0.1) is 11.6 Å². The summed E-state index contributed by atoms with van der Waals surface area (Å²) >= 11 is 9.50. The first-order valence-electron chi connectivity index (χ1n) is 12.4. The van der Waals surface area contributed by atoms with E-state index in [1.165, 1.54) is 0 Å². The van der Waals surface area contributed by atoms with Gasteiger partial charge >= 0.3 is 0 Å². The number of rotatable bonds is 12. The molecule has 0 aliphatic carbocycles. The summed E-state index contributed by atoms with van der Waals surface area (Å²) < 4.78 is 0.845. The lowest BCUT2D eigenvalue weighted by Gasteiger charge is -2.27. The molecule has 0 radical (unpaired) electrons. The zero-order chi connectivity index (χ0) is 25.4. The maximum atomic E-state index is 13.2. The van der Waals surface area contributed by atoms with E-state index in [-0.39, 0.29) is 11.3 Å². The van der Waals surface area contributed by atoms with Crippen molar-refractivity contribution in [2.45, 2.75) is 52.0 Å². The SMILES string of the molecule is CCCCN(CCCC)CCCN1C(=O)C(=O)/C(=C(\O)c2ccc(Cl)cc2)C1c1cccc(Br)c1. The smallest absolute Gasteiger partial charge is 0.295 e. The molecule has 0 saturated carbocycles. The van der Waals surface area contributed by atoms with E-state index in [0.717, 1.165) is 61.8 Å². The van der Waals surface area contributed by atoms with Crippen LogP contribution in [0, 0.1) is 0 Å².